The van der Waals surface area contributed by atoms with E-state index in [-0.39, 0.29) is 0 Å². The molecule has 0 aliphatic heterocycles. The molecular weight excluding hydrogens is 376 g/mol. The predicted octanol–water partition coefficient (Wildman–Crippen LogP) is 4.28. The normalized spacial score (nSPS) is 27.6. The third kappa shape index (κ3) is 1.77. The zero-order valence-corrected chi connectivity index (χ0v) is 10.4. The van der Waals surface area contributed by atoms with E-state index in [1.54, 1.807) is 0 Å². The first-order valence-corrected chi connectivity index (χ1v) is 5.47. The lowest BCUT2D eigenvalue weighted by Crippen LogP contribution is -2.52. The van der Waals surface area contributed by atoms with Crippen molar-refractivity contribution >= 4 is 5.78 Å². The van der Waals surface area contributed by atoms with Crippen molar-refractivity contribution in [1.82, 2.24) is 0 Å². The van der Waals surface area contributed by atoms with Gasteiger partial charge in [-0.2, -0.15) is 26.3 Å². The molecule has 0 aromatic heterocycles. The summed E-state index contributed by atoms with van der Waals surface area (Å²) in [4.78, 5) is 11.3. The molecule has 1 aromatic carbocycles. The van der Waals surface area contributed by atoms with Gasteiger partial charge in [0.1, 0.15) is 0 Å². The third-order valence-electron chi connectivity index (χ3n) is 3.36. The van der Waals surface area contributed by atoms with Crippen LogP contribution in [-0.2, 0) is 16.1 Å². The zero-order valence-electron chi connectivity index (χ0n) is 10.4. The average Bonchev–Trinajstić information content (AvgIpc) is 2.62. The van der Waals surface area contributed by atoms with Crippen molar-refractivity contribution < 1.29 is 57.5 Å². The quantitative estimate of drug-likeness (QED) is 0.375. The summed E-state index contributed by atoms with van der Waals surface area (Å²) in [5.41, 5.74) is -18.6. The van der Waals surface area contributed by atoms with Crippen molar-refractivity contribution in [1.29, 1.82) is 0 Å². The predicted molar refractivity (Wildman–Crippen MR) is 49.0 cm³/mol. The van der Waals surface area contributed by atoms with E-state index in [2.05, 4.69) is 0 Å². The molecule has 0 radical (unpaired) electrons. The summed E-state index contributed by atoms with van der Waals surface area (Å²) in [7, 11) is 0. The summed E-state index contributed by atoms with van der Waals surface area (Å²) < 4.78 is 157. The Bertz CT molecular complexity index is 686. The molecule has 0 fully saturated rings. The van der Waals surface area contributed by atoms with Crippen molar-refractivity contribution in [3.05, 3.63) is 34.4 Å². The minimum absolute atomic E-state index is 3.14. The lowest BCUT2D eigenvalue weighted by Gasteiger charge is -2.25. The van der Waals surface area contributed by atoms with Gasteiger partial charge in [-0.1, -0.05) is 0 Å². The van der Waals surface area contributed by atoms with Crippen molar-refractivity contribution in [2.45, 2.75) is 23.7 Å². The number of hydrogen-bond donors (Lipinski definition) is 0. The van der Waals surface area contributed by atoms with Gasteiger partial charge in [-0.25, -0.2) is 26.3 Å². The number of hydrogen-bond acceptors (Lipinski definition) is 1. The minimum atomic E-state index is -6.73. The van der Waals surface area contributed by atoms with Crippen LogP contribution in [0.3, 0.4) is 0 Å². The summed E-state index contributed by atoms with van der Waals surface area (Å²) in [5, 5.41) is 0. The van der Waals surface area contributed by atoms with Gasteiger partial charge in [0, 0.05) is 0 Å². The Kier molecular flexibility index (Phi) is 3.50. The van der Waals surface area contributed by atoms with Crippen molar-refractivity contribution in [2.24, 2.45) is 0 Å². The monoisotopic (exact) mass is 376 g/mol. The van der Waals surface area contributed by atoms with Gasteiger partial charge in [-0.15, -0.1) is 0 Å². The van der Waals surface area contributed by atoms with Crippen LogP contribution in [-0.4, -0.2) is 18.1 Å². The molecule has 1 aliphatic carbocycles. The van der Waals surface area contributed by atoms with Gasteiger partial charge in [-0.05, 0) is 0 Å². The number of rotatable bonds is 0. The van der Waals surface area contributed by atoms with E-state index in [1.807, 2.05) is 0 Å². The van der Waals surface area contributed by atoms with Crippen LogP contribution in [0.2, 0.25) is 0 Å². The third-order valence-corrected chi connectivity index (χ3v) is 3.36. The molecule has 0 spiro atoms. The first-order valence-electron chi connectivity index (χ1n) is 5.47. The summed E-state index contributed by atoms with van der Waals surface area (Å²) in [5.74, 6) is -16.9. The molecule has 1 nitrogen and oxygen atoms in total. The second kappa shape index (κ2) is 4.57. The molecule has 2 atom stereocenters. The molecule has 134 valence electrons. The molecule has 2 unspecified atom stereocenters. The number of Topliss-reactive ketones (excluding diaryl/α,β-unsaturated/α-hetero) is 1. The fourth-order valence-corrected chi connectivity index (χ4v) is 2.28. The Morgan fingerprint density at radius 2 is 0.833 bits per heavy atom. The fourth-order valence-electron chi connectivity index (χ4n) is 2.28. The number of fused-ring (bicyclic) bond motifs is 1. The molecule has 2 rings (SSSR count). The molecule has 0 amide bonds. The highest BCUT2D eigenvalue weighted by Crippen LogP contribution is 2.62. The maximum absolute atomic E-state index is 14.1. The van der Waals surface area contributed by atoms with Crippen LogP contribution in [0, 0.1) is 23.3 Å². The highest BCUT2D eigenvalue weighted by Gasteiger charge is 2.82. The Hall–Kier alpha value is -1.95. The van der Waals surface area contributed by atoms with Crippen molar-refractivity contribution in [3.63, 3.8) is 0 Å². The molecule has 1 aliphatic rings. The number of carbonyl (C=O) groups is 1. The zero-order chi connectivity index (χ0) is 19.0. The molecule has 0 N–H and O–H groups in total. The van der Waals surface area contributed by atoms with Crippen LogP contribution in [0.4, 0.5) is 52.7 Å². The summed E-state index contributed by atoms with van der Waals surface area (Å²) in [6, 6.07) is 0. The van der Waals surface area contributed by atoms with Crippen LogP contribution in [0.1, 0.15) is 11.1 Å². The van der Waals surface area contributed by atoms with Crippen molar-refractivity contribution in [3.8, 4) is 0 Å². The fraction of sp³-hybridized carbons (Fsp3) is 0.364. The lowest BCUT2D eigenvalue weighted by atomic mass is 9.93. The second-order valence-electron chi connectivity index (χ2n) is 4.65. The van der Waals surface area contributed by atoms with Gasteiger partial charge in [0.2, 0.25) is 5.78 Å². The van der Waals surface area contributed by atoms with Crippen LogP contribution in [0.5, 0.6) is 0 Å². The molecule has 24 heavy (non-hydrogen) atoms. The van der Waals surface area contributed by atoms with Gasteiger partial charge in [-0.3, -0.25) is 4.79 Å². The number of benzene rings is 1. The number of alkyl halides is 8. The maximum atomic E-state index is 14.1. The summed E-state index contributed by atoms with van der Waals surface area (Å²) in [6.07, 6.45) is -13.5. The van der Waals surface area contributed by atoms with Crippen molar-refractivity contribution in [2.75, 3.05) is 0 Å². The summed E-state index contributed by atoms with van der Waals surface area (Å²) in [6.45, 7) is 0. The largest absolute Gasteiger partial charge is 0.434 e. The van der Waals surface area contributed by atoms with Gasteiger partial charge in [0.05, 0.1) is 11.1 Å². The Labute approximate surface area is 122 Å². The number of ketones is 1. The number of carbonyl (C=O) groups excluding carboxylic acids is 1. The molecule has 1 aromatic rings. The number of halogens is 12. The average molecular weight is 376 g/mol. The molecular formula is C11F12O. The van der Waals surface area contributed by atoms with E-state index in [0.717, 1.165) is 0 Å². The highest BCUT2D eigenvalue weighted by molar-refractivity contribution is 6.03. The molecule has 0 bridgehead atoms. The lowest BCUT2D eigenvalue weighted by molar-refractivity contribution is -0.255. The maximum Gasteiger partial charge on any atom is 0.434 e. The van der Waals surface area contributed by atoms with Gasteiger partial charge < -0.3 is 0 Å². The summed E-state index contributed by atoms with van der Waals surface area (Å²) >= 11 is 0. The molecule has 13 heteroatoms. The van der Waals surface area contributed by atoms with Gasteiger partial charge >= 0.3 is 12.4 Å². The van der Waals surface area contributed by atoms with E-state index in [4.69, 9.17) is 0 Å². The Morgan fingerprint density at radius 1 is 0.583 bits per heavy atom. The second-order valence-corrected chi connectivity index (χ2v) is 4.65. The molecule has 0 saturated carbocycles. The van der Waals surface area contributed by atoms with Crippen LogP contribution in [0.15, 0.2) is 0 Å². The Morgan fingerprint density at radius 3 is 1.04 bits per heavy atom. The smallest absolute Gasteiger partial charge is 0.291 e. The van der Waals surface area contributed by atoms with Crippen LogP contribution < -0.4 is 0 Å². The van der Waals surface area contributed by atoms with E-state index in [0.29, 0.717) is 0 Å². The molecule has 0 heterocycles. The minimum Gasteiger partial charge on any atom is -0.291 e. The topological polar surface area (TPSA) is 17.1 Å². The molecule has 0 saturated heterocycles. The Balaban J connectivity index is 3.14. The van der Waals surface area contributed by atoms with E-state index in [1.165, 1.54) is 0 Å². The van der Waals surface area contributed by atoms with Gasteiger partial charge in [0.15, 0.2) is 23.3 Å². The standard InChI is InChI=1S/C11F12O/c12-3-1-2(4(13)6(15)5(3)14)9(17,11(21,22)23)7(24)8(1,16)10(18,19)20. The highest BCUT2D eigenvalue weighted by atomic mass is 19.4. The van der Waals surface area contributed by atoms with E-state index >= 15 is 0 Å². The van der Waals surface area contributed by atoms with E-state index in [9.17, 15) is 57.5 Å². The van der Waals surface area contributed by atoms with Crippen LogP contribution in [0.25, 0.3) is 0 Å². The first-order chi connectivity index (χ1) is 10.5. The SMILES string of the molecule is O=C1C(F)(C(F)(F)F)c2c(F)c(F)c(F)c(F)c2C1(F)C(F)(F)F. The van der Waals surface area contributed by atoms with E-state index < -0.39 is 63.9 Å². The van der Waals surface area contributed by atoms with Gasteiger partial charge in [0.25, 0.3) is 11.3 Å². The van der Waals surface area contributed by atoms with Crippen LogP contribution >= 0.6 is 0 Å². The first kappa shape index (κ1) is 18.4.